The van der Waals surface area contributed by atoms with E-state index in [1.807, 2.05) is 0 Å². The molecule has 0 fully saturated rings. The van der Waals surface area contributed by atoms with Gasteiger partial charge in [0.2, 0.25) is 5.01 Å². The van der Waals surface area contributed by atoms with Crippen LogP contribution in [0, 0.1) is 0 Å². The van der Waals surface area contributed by atoms with Gasteiger partial charge < -0.3 is 5.11 Å². The Labute approximate surface area is 103 Å². The summed E-state index contributed by atoms with van der Waals surface area (Å²) in [6, 6.07) is 0.909. The van der Waals surface area contributed by atoms with Crippen LogP contribution in [0.15, 0.2) is 24.7 Å². The molecular weight excluding hydrogens is 269 g/mol. The highest BCUT2D eigenvalue weighted by Crippen LogP contribution is 2.32. The van der Waals surface area contributed by atoms with Crippen LogP contribution in [-0.2, 0) is 6.18 Å². The molecule has 2 aromatic heterocycles. The van der Waals surface area contributed by atoms with Crippen LogP contribution in [0.3, 0.4) is 0 Å². The first-order valence-corrected chi connectivity index (χ1v) is 5.41. The molecule has 0 saturated heterocycles. The van der Waals surface area contributed by atoms with Gasteiger partial charge >= 0.3 is 12.1 Å². The van der Waals surface area contributed by atoms with Gasteiger partial charge in [-0.15, -0.1) is 11.3 Å². The van der Waals surface area contributed by atoms with E-state index in [2.05, 4.69) is 9.97 Å². The Balaban J connectivity index is 2.41. The van der Waals surface area contributed by atoms with Crippen LogP contribution in [0.25, 0.3) is 10.4 Å². The summed E-state index contributed by atoms with van der Waals surface area (Å²) in [4.78, 5) is 18.0. The fourth-order valence-electron chi connectivity index (χ4n) is 1.24. The van der Waals surface area contributed by atoms with Gasteiger partial charge in [-0.25, -0.2) is 9.78 Å². The van der Waals surface area contributed by atoms with Gasteiger partial charge in [-0.3, -0.25) is 4.98 Å². The van der Waals surface area contributed by atoms with Crippen molar-refractivity contribution in [3.63, 3.8) is 0 Å². The highest BCUT2D eigenvalue weighted by Gasteiger charge is 2.31. The van der Waals surface area contributed by atoms with E-state index in [1.165, 1.54) is 12.4 Å². The Morgan fingerprint density at radius 2 is 2.00 bits per heavy atom. The fourth-order valence-corrected chi connectivity index (χ4v) is 1.97. The number of pyridine rings is 1. The summed E-state index contributed by atoms with van der Waals surface area (Å²) in [5.41, 5.74) is -0.694. The van der Waals surface area contributed by atoms with E-state index in [4.69, 9.17) is 5.11 Å². The number of halogens is 3. The number of carbonyl (C=O) groups is 1. The highest BCUT2D eigenvalue weighted by atomic mass is 32.1. The van der Waals surface area contributed by atoms with Crippen molar-refractivity contribution in [2.45, 2.75) is 6.18 Å². The molecule has 94 valence electrons. The molecule has 0 amide bonds. The maximum atomic E-state index is 12.5. The highest BCUT2D eigenvalue weighted by molar-refractivity contribution is 7.16. The maximum Gasteiger partial charge on any atom is 0.417 e. The molecule has 0 aliphatic carbocycles. The molecule has 0 aromatic carbocycles. The molecule has 0 unspecified atom stereocenters. The monoisotopic (exact) mass is 274 g/mol. The number of hydrogen-bond donors (Lipinski definition) is 1. The molecule has 0 spiro atoms. The Hall–Kier alpha value is -1.96. The first kappa shape index (κ1) is 12.5. The number of hydrogen-bond acceptors (Lipinski definition) is 4. The largest absolute Gasteiger partial charge is 0.476 e. The lowest BCUT2D eigenvalue weighted by Gasteiger charge is -2.06. The first-order valence-electron chi connectivity index (χ1n) is 4.59. The molecule has 0 bridgehead atoms. The molecule has 0 aliphatic heterocycles. The molecule has 1 N–H and O–H groups in total. The SMILES string of the molecule is O=C(O)c1ncc(-c2cncc(C(F)(F)F)c2)s1. The van der Waals surface area contributed by atoms with Crippen molar-refractivity contribution in [3.05, 3.63) is 35.2 Å². The topological polar surface area (TPSA) is 63.1 Å². The lowest BCUT2D eigenvalue weighted by molar-refractivity contribution is -0.137. The van der Waals surface area contributed by atoms with Crippen molar-refractivity contribution >= 4 is 17.3 Å². The number of thiazole rings is 1. The van der Waals surface area contributed by atoms with Crippen molar-refractivity contribution in [2.24, 2.45) is 0 Å². The van der Waals surface area contributed by atoms with Gasteiger partial charge in [0.15, 0.2) is 0 Å². The maximum absolute atomic E-state index is 12.5. The number of aromatic carboxylic acids is 1. The average Bonchev–Trinajstić information content (AvgIpc) is 2.77. The van der Waals surface area contributed by atoms with E-state index in [0.29, 0.717) is 11.1 Å². The Kier molecular flexibility index (Phi) is 3.04. The third-order valence-electron chi connectivity index (χ3n) is 2.04. The molecule has 8 heteroatoms. The predicted octanol–water partition coefficient (Wildman–Crippen LogP) is 2.92. The summed E-state index contributed by atoms with van der Waals surface area (Å²) >= 11 is 0.795. The molecule has 0 saturated carbocycles. The van der Waals surface area contributed by atoms with Gasteiger partial charge in [0.25, 0.3) is 0 Å². The first-order chi connectivity index (χ1) is 8.38. The second-order valence-corrected chi connectivity index (χ2v) is 4.33. The fraction of sp³-hybridized carbons (Fsp3) is 0.100. The molecule has 2 heterocycles. The molecule has 0 aliphatic rings. The Bertz CT molecular complexity index is 595. The average molecular weight is 274 g/mol. The van der Waals surface area contributed by atoms with Crippen molar-refractivity contribution in [1.82, 2.24) is 9.97 Å². The van der Waals surface area contributed by atoms with Crippen molar-refractivity contribution in [3.8, 4) is 10.4 Å². The number of aromatic nitrogens is 2. The van der Waals surface area contributed by atoms with E-state index in [-0.39, 0.29) is 10.6 Å². The number of rotatable bonds is 2. The van der Waals surface area contributed by atoms with Crippen LogP contribution in [0.2, 0.25) is 0 Å². The lowest BCUT2D eigenvalue weighted by Crippen LogP contribution is -2.05. The zero-order chi connectivity index (χ0) is 13.3. The quantitative estimate of drug-likeness (QED) is 0.914. The van der Waals surface area contributed by atoms with Crippen LogP contribution < -0.4 is 0 Å². The van der Waals surface area contributed by atoms with Gasteiger partial charge in [0.1, 0.15) is 0 Å². The number of nitrogens with zero attached hydrogens (tertiary/aromatic N) is 2. The predicted molar refractivity (Wildman–Crippen MR) is 57.3 cm³/mol. The molecule has 0 atom stereocenters. The van der Waals surface area contributed by atoms with Crippen LogP contribution in [-0.4, -0.2) is 21.0 Å². The number of carboxylic acids is 1. The normalized spacial score (nSPS) is 11.5. The van der Waals surface area contributed by atoms with Crippen LogP contribution in [0.1, 0.15) is 15.4 Å². The zero-order valence-corrected chi connectivity index (χ0v) is 9.42. The third kappa shape index (κ3) is 2.48. The van der Waals surface area contributed by atoms with Crippen molar-refractivity contribution in [2.75, 3.05) is 0 Å². The lowest BCUT2D eigenvalue weighted by atomic mass is 10.2. The molecule has 0 radical (unpaired) electrons. The van der Waals surface area contributed by atoms with Gasteiger partial charge in [0, 0.05) is 24.2 Å². The van der Waals surface area contributed by atoms with E-state index < -0.39 is 17.7 Å². The van der Waals surface area contributed by atoms with Gasteiger partial charge in [-0.05, 0) is 6.07 Å². The summed E-state index contributed by atoms with van der Waals surface area (Å²) in [6.45, 7) is 0. The van der Waals surface area contributed by atoms with E-state index >= 15 is 0 Å². The molecule has 4 nitrogen and oxygen atoms in total. The Morgan fingerprint density at radius 3 is 2.56 bits per heavy atom. The standard InChI is InChI=1S/C10H5F3N2O2S/c11-10(12,13)6-1-5(2-14-3-6)7-4-15-8(18-7)9(16)17/h1-4H,(H,16,17). The van der Waals surface area contributed by atoms with Gasteiger partial charge in [-0.2, -0.15) is 13.2 Å². The minimum absolute atomic E-state index is 0.178. The molecule has 2 aromatic rings. The van der Waals surface area contributed by atoms with Gasteiger partial charge in [-0.1, -0.05) is 0 Å². The minimum atomic E-state index is -4.48. The molecular formula is C10H5F3N2O2S. The third-order valence-corrected chi connectivity index (χ3v) is 3.07. The smallest absolute Gasteiger partial charge is 0.417 e. The van der Waals surface area contributed by atoms with Crippen LogP contribution in [0.4, 0.5) is 13.2 Å². The summed E-state index contributed by atoms with van der Waals surface area (Å²) in [5.74, 6) is -1.22. The molecule has 18 heavy (non-hydrogen) atoms. The second-order valence-electron chi connectivity index (χ2n) is 3.29. The Morgan fingerprint density at radius 1 is 1.28 bits per heavy atom. The second kappa shape index (κ2) is 4.37. The van der Waals surface area contributed by atoms with Crippen LogP contribution >= 0.6 is 11.3 Å². The zero-order valence-electron chi connectivity index (χ0n) is 8.60. The van der Waals surface area contributed by atoms with Gasteiger partial charge in [0.05, 0.1) is 10.4 Å². The summed E-state index contributed by atoms with van der Waals surface area (Å²) in [5, 5.41) is 8.50. The van der Waals surface area contributed by atoms with E-state index in [1.54, 1.807) is 0 Å². The summed E-state index contributed by atoms with van der Waals surface area (Å²) in [7, 11) is 0. The van der Waals surface area contributed by atoms with E-state index in [0.717, 1.165) is 17.4 Å². The number of alkyl halides is 3. The van der Waals surface area contributed by atoms with Crippen molar-refractivity contribution in [1.29, 1.82) is 0 Å². The summed E-state index contributed by atoms with van der Waals surface area (Å²) in [6.07, 6.45) is -1.33. The van der Waals surface area contributed by atoms with Crippen molar-refractivity contribution < 1.29 is 23.1 Å². The molecule has 2 rings (SSSR count). The number of carboxylic acid groups (broad SMARTS) is 1. The minimum Gasteiger partial charge on any atom is -0.476 e. The van der Waals surface area contributed by atoms with E-state index in [9.17, 15) is 18.0 Å². The summed E-state index contributed by atoms with van der Waals surface area (Å²) < 4.78 is 37.4. The van der Waals surface area contributed by atoms with Crippen LogP contribution in [0.5, 0.6) is 0 Å².